The van der Waals surface area contributed by atoms with Crippen LogP contribution in [-0.2, 0) is 16.0 Å². The molecule has 4 heteroatoms. The maximum absolute atomic E-state index is 13.2. The standard InChI is InChI=1S/C23H21ClO3/c1-2-12-3-4-14(13-5-7-15(24)8-6-13)11-16(12)19-22(25)20-17-9-10-18(27-17)21(20)23(19)26/h3-8,11,17-18,20-21,25H,2,9-10H2,1H3/t17?,18?,20-,21+/m0/s1. The average molecular weight is 381 g/mol. The number of allylic oxidation sites excluding steroid dienone is 1. The molecule has 3 aliphatic rings. The number of Topliss-reactive ketones (excluding diaryl/α,β-unsaturated/α-hetero) is 1. The van der Waals surface area contributed by atoms with E-state index in [-0.39, 0.29) is 35.6 Å². The number of hydrogen-bond donors (Lipinski definition) is 1. The van der Waals surface area contributed by atoms with Gasteiger partial charge in [-0.25, -0.2) is 0 Å². The van der Waals surface area contributed by atoms with Crippen LogP contribution in [0.4, 0.5) is 0 Å². The van der Waals surface area contributed by atoms with Gasteiger partial charge in [0.2, 0.25) is 0 Å². The van der Waals surface area contributed by atoms with E-state index in [1.54, 1.807) is 0 Å². The van der Waals surface area contributed by atoms with E-state index in [4.69, 9.17) is 16.3 Å². The molecular weight excluding hydrogens is 360 g/mol. The van der Waals surface area contributed by atoms with Gasteiger partial charge in [-0.1, -0.05) is 42.8 Å². The zero-order chi connectivity index (χ0) is 18.7. The van der Waals surface area contributed by atoms with Crippen molar-refractivity contribution in [2.45, 2.75) is 38.4 Å². The predicted molar refractivity (Wildman–Crippen MR) is 106 cm³/mol. The first kappa shape index (κ1) is 17.0. The summed E-state index contributed by atoms with van der Waals surface area (Å²) >= 11 is 6.01. The molecule has 1 aliphatic carbocycles. The number of hydrogen-bond acceptors (Lipinski definition) is 3. The van der Waals surface area contributed by atoms with Crippen molar-refractivity contribution >= 4 is 23.0 Å². The van der Waals surface area contributed by atoms with Gasteiger partial charge in [-0.2, -0.15) is 0 Å². The van der Waals surface area contributed by atoms with Crippen molar-refractivity contribution in [3.05, 3.63) is 64.4 Å². The Morgan fingerprint density at radius 2 is 1.70 bits per heavy atom. The Morgan fingerprint density at radius 1 is 1.04 bits per heavy atom. The van der Waals surface area contributed by atoms with Gasteiger partial charge < -0.3 is 9.84 Å². The van der Waals surface area contributed by atoms with Crippen LogP contribution in [0.15, 0.2) is 48.2 Å². The molecule has 27 heavy (non-hydrogen) atoms. The maximum atomic E-state index is 13.2. The van der Waals surface area contributed by atoms with E-state index in [1.807, 2.05) is 30.3 Å². The lowest BCUT2D eigenvalue weighted by atomic mass is 9.80. The summed E-state index contributed by atoms with van der Waals surface area (Å²) in [6, 6.07) is 13.8. The zero-order valence-electron chi connectivity index (χ0n) is 15.1. The number of aryl methyl sites for hydroxylation is 1. The molecule has 2 saturated heterocycles. The van der Waals surface area contributed by atoms with Crippen LogP contribution in [0.5, 0.6) is 0 Å². The van der Waals surface area contributed by atoms with Crippen molar-refractivity contribution in [2.24, 2.45) is 11.8 Å². The van der Waals surface area contributed by atoms with Crippen LogP contribution >= 0.6 is 11.6 Å². The number of halogens is 1. The Kier molecular flexibility index (Phi) is 3.92. The Morgan fingerprint density at radius 3 is 2.37 bits per heavy atom. The number of aliphatic hydroxyl groups excluding tert-OH is 1. The van der Waals surface area contributed by atoms with E-state index in [0.29, 0.717) is 10.6 Å². The number of benzene rings is 2. The molecule has 2 unspecified atom stereocenters. The van der Waals surface area contributed by atoms with E-state index < -0.39 is 0 Å². The van der Waals surface area contributed by atoms with E-state index in [2.05, 4.69) is 19.1 Å². The van der Waals surface area contributed by atoms with Gasteiger partial charge in [-0.3, -0.25) is 4.79 Å². The average Bonchev–Trinajstić information content (AvgIpc) is 3.36. The topological polar surface area (TPSA) is 46.5 Å². The summed E-state index contributed by atoms with van der Waals surface area (Å²) in [5.74, 6) is -0.0781. The lowest BCUT2D eigenvalue weighted by Gasteiger charge is -2.19. The van der Waals surface area contributed by atoms with Crippen LogP contribution in [0.1, 0.15) is 30.9 Å². The molecule has 0 saturated carbocycles. The number of ether oxygens (including phenoxy) is 1. The predicted octanol–water partition coefficient (Wildman–Crippen LogP) is 5.21. The van der Waals surface area contributed by atoms with Crippen LogP contribution in [0, 0.1) is 11.8 Å². The summed E-state index contributed by atoms with van der Waals surface area (Å²) < 4.78 is 5.90. The highest BCUT2D eigenvalue weighted by molar-refractivity contribution is 6.30. The summed E-state index contributed by atoms with van der Waals surface area (Å²) in [5.41, 5.74) is 4.51. The number of rotatable bonds is 3. The van der Waals surface area contributed by atoms with E-state index in [1.165, 1.54) is 0 Å². The molecule has 2 bridgehead atoms. The SMILES string of the molecule is CCc1ccc(-c2ccc(Cl)cc2)cc1C1=C(O)[C@H]2C3CCC(O3)[C@H]2C1=O. The smallest absolute Gasteiger partial charge is 0.173 e. The van der Waals surface area contributed by atoms with Crippen LogP contribution in [0.25, 0.3) is 16.7 Å². The van der Waals surface area contributed by atoms with Crippen molar-refractivity contribution < 1.29 is 14.6 Å². The van der Waals surface area contributed by atoms with E-state index in [9.17, 15) is 9.90 Å². The molecule has 4 atom stereocenters. The van der Waals surface area contributed by atoms with Crippen molar-refractivity contribution in [3.63, 3.8) is 0 Å². The molecule has 2 fully saturated rings. The minimum atomic E-state index is -0.206. The molecule has 2 aromatic rings. The fraction of sp³-hybridized carbons (Fsp3) is 0.348. The number of ketones is 1. The van der Waals surface area contributed by atoms with Gasteiger partial charge >= 0.3 is 0 Å². The maximum Gasteiger partial charge on any atom is 0.173 e. The van der Waals surface area contributed by atoms with Gasteiger partial charge in [-0.05, 0) is 59.7 Å². The number of aliphatic hydroxyl groups is 1. The Balaban J connectivity index is 1.63. The molecule has 0 amide bonds. The van der Waals surface area contributed by atoms with Crippen LogP contribution in [-0.4, -0.2) is 23.1 Å². The first-order valence-corrected chi connectivity index (χ1v) is 9.98. The summed E-state index contributed by atoms with van der Waals surface area (Å²) in [6.07, 6.45) is 2.62. The molecule has 1 N–H and O–H groups in total. The van der Waals surface area contributed by atoms with Crippen molar-refractivity contribution in [3.8, 4) is 11.1 Å². The number of carbonyl (C=O) groups excluding carboxylic acids is 1. The van der Waals surface area contributed by atoms with Crippen molar-refractivity contribution in [1.29, 1.82) is 0 Å². The van der Waals surface area contributed by atoms with Crippen LogP contribution < -0.4 is 0 Å². The summed E-state index contributed by atoms with van der Waals surface area (Å²) in [7, 11) is 0. The molecule has 2 heterocycles. The molecule has 3 nitrogen and oxygen atoms in total. The molecule has 2 aliphatic heterocycles. The second-order valence-corrected chi connectivity index (χ2v) is 8.14. The first-order valence-electron chi connectivity index (χ1n) is 9.60. The molecule has 5 rings (SSSR count). The fourth-order valence-corrected chi connectivity index (χ4v) is 5.15. The fourth-order valence-electron chi connectivity index (χ4n) is 5.03. The highest BCUT2D eigenvalue weighted by atomic mass is 35.5. The Hall–Kier alpha value is -2.10. The van der Waals surface area contributed by atoms with E-state index in [0.717, 1.165) is 41.5 Å². The van der Waals surface area contributed by atoms with Crippen LogP contribution in [0.2, 0.25) is 5.02 Å². The second kappa shape index (κ2) is 6.22. The van der Waals surface area contributed by atoms with Crippen molar-refractivity contribution in [1.82, 2.24) is 0 Å². The van der Waals surface area contributed by atoms with Gasteiger partial charge in [0.25, 0.3) is 0 Å². The second-order valence-electron chi connectivity index (χ2n) is 7.70. The lowest BCUT2D eigenvalue weighted by Crippen LogP contribution is -2.29. The molecule has 138 valence electrons. The Bertz CT molecular complexity index is 960. The Labute approximate surface area is 163 Å². The summed E-state index contributed by atoms with van der Waals surface area (Å²) in [5, 5.41) is 11.7. The van der Waals surface area contributed by atoms with Gasteiger partial charge in [-0.15, -0.1) is 0 Å². The summed E-state index contributed by atoms with van der Waals surface area (Å²) in [6.45, 7) is 2.07. The number of carbonyl (C=O) groups is 1. The molecular formula is C23H21ClO3. The molecule has 0 aromatic heterocycles. The van der Waals surface area contributed by atoms with Gasteiger partial charge in [0.05, 0.1) is 29.6 Å². The quantitative estimate of drug-likeness (QED) is 0.794. The van der Waals surface area contributed by atoms with Crippen LogP contribution in [0.3, 0.4) is 0 Å². The largest absolute Gasteiger partial charge is 0.511 e. The zero-order valence-corrected chi connectivity index (χ0v) is 15.9. The minimum Gasteiger partial charge on any atom is -0.511 e. The van der Waals surface area contributed by atoms with Gasteiger partial charge in [0.15, 0.2) is 5.78 Å². The lowest BCUT2D eigenvalue weighted by molar-refractivity contribution is -0.118. The third kappa shape index (κ3) is 2.49. The highest BCUT2D eigenvalue weighted by Gasteiger charge is 2.59. The monoisotopic (exact) mass is 380 g/mol. The number of fused-ring (bicyclic) bond motifs is 5. The molecule has 2 aromatic carbocycles. The van der Waals surface area contributed by atoms with Crippen molar-refractivity contribution in [2.75, 3.05) is 0 Å². The first-order chi connectivity index (χ1) is 13.1. The highest BCUT2D eigenvalue weighted by Crippen LogP contribution is 2.53. The third-order valence-corrected chi connectivity index (χ3v) is 6.58. The van der Waals surface area contributed by atoms with Gasteiger partial charge in [0, 0.05) is 5.02 Å². The molecule has 0 radical (unpaired) electrons. The third-order valence-electron chi connectivity index (χ3n) is 6.33. The van der Waals surface area contributed by atoms with Gasteiger partial charge in [0.1, 0.15) is 5.76 Å². The minimum absolute atomic E-state index is 0.00836. The normalized spacial score (nSPS) is 28.9. The molecule has 0 spiro atoms. The summed E-state index contributed by atoms with van der Waals surface area (Å²) in [4.78, 5) is 13.2. The van der Waals surface area contributed by atoms with E-state index >= 15 is 0 Å².